The van der Waals surface area contributed by atoms with Crippen LogP contribution in [-0.2, 0) is 23.4 Å². The van der Waals surface area contributed by atoms with E-state index in [1.54, 1.807) is 72.8 Å². The molecule has 14 heteroatoms. The third-order valence-corrected chi connectivity index (χ3v) is 9.52. The van der Waals surface area contributed by atoms with Gasteiger partial charge < -0.3 is 18.5 Å². The van der Waals surface area contributed by atoms with Crippen molar-refractivity contribution in [2.45, 2.75) is 22.1 Å². The molecule has 2 aliphatic rings. The number of alkyl halides is 3. The number of carbonyl (C=O) groups is 2. The van der Waals surface area contributed by atoms with Crippen molar-refractivity contribution in [3.63, 3.8) is 0 Å². The van der Waals surface area contributed by atoms with Crippen LogP contribution in [0.1, 0.15) is 6.92 Å². The average Bonchev–Trinajstić information content (AvgIpc) is 3.37. The monoisotopic (exact) mass is 680 g/mol. The van der Waals surface area contributed by atoms with Gasteiger partial charge in [0.25, 0.3) is 5.91 Å². The summed E-state index contributed by atoms with van der Waals surface area (Å²) in [6, 6.07) is 25.0. The minimum atomic E-state index is -4.16. The molecule has 43 heavy (non-hydrogen) atoms. The van der Waals surface area contributed by atoms with E-state index in [9.17, 15) is 14.2 Å². The highest BCUT2D eigenvalue weighted by Gasteiger charge is 2.56. The number of hydrogen-bond acceptors (Lipinski definition) is 9. The number of esters is 1. The smallest absolute Gasteiger partial charge is 0.462 e. The number of thioether (sulfide) groups is 1. The third-order valence-electron chi connectivity index (χ3n) is 6.09. The van der Waals surface area contributed by atoms with Crippen LogP contribution in [0.5, 0.6) is 11.5 Å². The SMILES string of the molecule is CC(OP(=O)(Oc1ccccc1)c1ccccc1)=C(C(=O)OCC(Cl)(Cl)Cl)N1C(=O)C2N=C(COc3ccccc3)SC21. The molecule has 0 saturated carbocycles. The minimum Gasteiger partial charge on any atom is -0.487 e. The van der Waals surface area contributed by atoms with Gasteiger partial charge in [-0.2, -0.15) is 0 Å². The first-order valence-electron chi connectivity index (χ1n) is 12.8. The van der Waals surface area contributed by atoms with Gasteiger partial charge in [0, 0.05) is 0 Å². The lowest BCUT2D eigenvalue weighted by Gasteiger charge is -2.41. The molecule has 3 aromatic carbocycles. The summed E-state index contributed by atoms with van der Waals surface area (Å²) in [5.41, 5.74) is -0.318. The second-order valence-electron chi connectivity index (χ2n) is 9.21. The molecule has 1 saturated heterocycles. The van der Waals surface area contributed by atoms with Gasteiger partial charge in [-0.1, -0.05) is 101 Å². The first-order chi connectivity index (χ1) is 20.5. The molecule has 2 aliphatic heterocycles. The summed E-state index contributed by atoms with van der Waals surface area (Å²) in [5.74, 6) is -0.799. The van der Waals surface area contributed by atoms with Crippen molar-refractivity contribution < 1.29 is 32.7 Å². The van der Waals surface area contributed by atoms with Crippen molar-refractivity contribution in [1.82, 2.24) is 4.90 Å². The number of halogens is 3. The summed E-state index contributed by atoms with van der Waals surface area (Å²) in [5, 5.41) is 0.172. The van der Waals surface area contributed by atoms with Crippen LogP contribution in [-0.4, -0.2) is 50.2 Å². The number of para-hydroxylation sites is 2. The van der Waals surface area contributed by atoms with E-state index >= 15 is 0 Å². The van der Waals surface area contributed by atoms with Gasteiger partial charge in [0.2, 0.25) is 3.79 Å². The second kappa shape index (κ2) is 13.2. The van der Waals surface area contributed by atoms with Crippen molar-refractivity contribution in [3.05, 3.63) is 102 Å². The molecule has 0 radical (unpaired) electrons. The van der Waals surface area contributed by atoms with Crippen LogP contribution < -0.4 is 14.6 Å². The van der Waals surface area contributed by atoms with Crippen molar-refractivity contribution in [2.24, 2.45) is 4.99 Å². The Labute approximate surface area is 267 Å². The number of hydrogen-bond donors (Lipinski definition) is 0. The fourth-order valence-electron chi connectivity index (χ4n) is 4.19. The molecule has 3 unspecified atom stereocenters. The second-order valence-corrected chi connectivity index (χ2v) is 14.8. The summed E-state index contributed by atoms with van der Waals surface area (Å²) in [7, 11) is -4.16. The predicted molar refractivity (Wildman–Crippen MR) is 167 cm³/mol. The van der Waals surface area contributed by atoms with Gasteiger partial charge in [0.15, 0.2) is 11.7 Å². The Morgan fingerprint density at radius 1 is 0.953 bits per heavy atom. The van der Waals surface area contributed by atoms with Crippen molar-refractivity contribution in [1.29, 1.82) is 0 Å². The van der Waals surface area contributed by atoms with E-state index in [1.807, 2.05) is 18.2 Å². The molecular weight excluding hydrogens is 658 g/mol. The lowest BCUT2D eigenvalue weighted by atomic mass is 10.1. The number of benzene rings is 3. The normalized spacial score (nSPS) is 19.7. The molecule has 3 atom stereocenters. The van der Waals surface area contributed by atoms with Gasteiger partial charge in [-0.05, 0) is 43.3 Å². The zero-order valence-corrected chi connectivity index (χ0v) is 26.4. The zero-order chi connectivity index (χ0) is 30.6. The van der Waals surface area contributed by atoms with Gasteiger partial charge >= 0.3 is 13.6 Å². The van der Waals surface area contributed by atoms with E-state index in [4.69, 9.17) is 53.3 Å². The van der Waals surface area contributed by atoms with E-state index in [1.165, 1.54) is 23.6 Å². The lowest BCUT2D eigenvalue weighted by Crippen LogP contribution is -2.61. The molecule has 0 aromatic heterocycles. The van der Waals surface area contributed by atoms with Crippen molar-refractivity contribution in [2.75, 3.05) is 13.2 Å². The van der Waals surface area contributed by atoms with Crippen LogP contribution in [0.3, 0.4) is 0 Å². The van der Waals surface area contributed by atoms with Crippen LogP contribution in [0, 0.1) is 0 Å². The highest BCUT2D eigenvalue weighted by Crippen LogP contribution is 2.51. The molecule has 0 aliphatic carbocycles. The van der Waals surface area contributed by atoms with E-state index in [-0.39, 0.29) is 29.1 Å². The molecule has 2 heterocycles. The van der Waals surface area contributed by atoms with E-state index in [0.29, 0.717) is 10.8 Å². The molecule has 9 nitrogen and oxygen atoms in total. The largest absolute Gasteiger partial charge is 0.487 e. The standard InChI is InChI=1S/C29H24Cl3N2O7PS/c1-19(40-42(37,22-15-9-4-10-16-22)41-21-13-7-3-8-14-21)25(28(36)39-18-29(30,31)32)34-26(35)24-27(34)43-23(33-24)17-38-20-11-5-2-6-12-20/h2-16,24,27H,17-18H2,1H3. The van der Waals surface area contributed by atoms with E-state index in [2.05, 4.69) is 4.99 Å². The van der Waals surface area contributed by atoms with Crippen molar-refractivity contribution in [3.8, 4) is 11.5 Å². The Hall–Kier alpha value is -3.14. The highest BCUT2D eigenvalue weighted by molar-refractivity contribution is 8.15. The number of carbonyl (C=O) groups excluding carboxylic acids is 2. The number of allylic oxidation sites excluding steroid dienone is 1. The Kier molecular flexibility index (Phi) is 9.63. The van der Waals surface area contributed by atoms with Gasteiger partial charge in [0.1, 0.15) is 40.9 Å². The van der Waals surface area contributed by atoms with Crippen molar-refractivity contribution >= 4 is 76.4 Å². The molecule has 1 fully saturated rings. The first-order valence-corrected chi connectivity index (χ1v) is 16.4. The molecular formula is C29H24Cl3N2O7PS. The molecule has 0 bridgehead atoms. The summed E-state index contributed by atoms with van der Waals surface area (Å²) >= 11 is 18.7. The van der Waals surface area contributed by atoms with Gasteiger partial charge in [-0.3, -0.25) is 14.7 Å². The number of amides is 1. The molecule has 0 spiro atoms. The Bertz CT molecular complexity index is 1590. The van der Waals surface area contributed by atoms with Gasteiger partial charge in [-0.15, -0.1) is 0 Å². The number of rotatable bonds is 11. The number of fused-ring (bicyclic) bond motifs is 1. The molecule has 224 valence electrons. The molecule has 5 rings (SSSR count). The fourth-order valence-corrected chi connectivity index (χ4v) is 7.18. The van der Waals surface area contributed by atoms with Crippen LogP contribution >= 0.6 is 54.2 Å². The van der Waals surface area contributed by atoms with E-state index in [0.717, 1.165) is 0 Å². The average molecular weight is 682 g/mol. The quantitative estimate of drug-likeness (QED) is 0.0564. The minimum absolute atomic E-state index is 0.128. The summed E-state index contributed by atoms with van der Waals surface area (Å²) in [6.45, 7) is 0.902. The van der Waals surface area contributed by atoms with Crippen LogP contribution in [0.2, 0.25) is 0 Å². The number of ether oxygens (including phenoxy) is 2. The maximum absolute atomic E-state index is 14.3. The first kappa shape index (κ1) is 31.3. The molecule has 1 amide bonds. The fraction of sp³-hybridized carbons (Fsp3) is 0.207. The third kappa shape index (κ3) is 7.51. The molecule has 3 aromatic rings. The predicted octanol–water partition coefficient (Wildman–Crippen LogP) is 6.51. The summed E-state index contributed by atoms with van der Waals surface area (Å²) in [4.78, 5) is 32.4. The lowest BCUT2D eigenvalue weighted by molar-refractivity contribution is -0.150. The number of likely N-dealkylation sites (tertiary alicyclic amines) is 1. The van der Waals surface area contributed by atoms with Crippen LogP contribution in [0.4, 0.5) is 0 Å². The van der Waals surface area contributed by atoms with Gasteiger partial charge in [-0.25, -0.2) is 9.36 Å². The van der Waals surface area contributed by atoms with Crippen LogP contribution in [0.15, 0.2) is 107 Å². The van der Waals surface area contributed by atoms with Gasteiger partial charge in [0.05, 0.1) is 5.30 Å². The summed E-state index contributed by atoms with van der Waals surface area (Å²) < 4.78 is 35.3. The Morgan fingerprint density at radius 3 is 2.14 bits per heavy atom. The number of β-lactam (4-membered cyclic amide) rings is 1. The highest BCUT2D eigenvalue weighted by atomic mass is 35.6. The number of nitrogens with zero attached hydrogens (tertiary/aromatic N) is 2. The Balaban J connectivity index is 1.44. The zero-order valence-electron chi connectivity index (χ0n) is 22.5. The van der Waals surface area contributed by atoms with E-state index < -0.39 is 41.3 Å². The summed E-state index contributed by atoms with van der Waals surface area (Å²) in [6.07, 6.45) is 0. The van der Waals surface area contributed by atoms with Crippen LogP contribution in [0.25, 0.3) is 0 Å². The topological polar surface area (TPSA) is 104 Å². The molecule has 0 N–H and O–H groups in total. The number of aliphatic imine (C=N–C) groups is 1. The Morgan fingerprint density at radius 2 is 1.53 bits per heavy atom. The maximum atomic E-state index is 14.3. The maximum Gasteiger partial charge on any atom is 0.462 e.